The third-order valence-corrected chi connectivity index (χ3v) is 6.07. The van der Waals surface area contributed by atoms with Crippen LogP contribution in [0.2, 0.25) is 0 Å². The van der Waals surface area contributed by atoms with Crippen LogP contribution < -0.4 is 31.2 Å². The Morgan fingerprint density at radius 3 is 2.32 bits per heavy atom. The smallest absolute Gasteiger partial charge is 0.273 e. The molecular weight excluding hydrogens is 494 g/mol. The Kier molecular flexibility index (Phi) is 8.38. The Bertz CT molecular complexity index is 1280. The van der Waals surface area contributed by atoms with Crippen LogP contribution in [-0.4, -0.2) is 41.4 Å². The number of carbonyl (C=O) groups excluding carboxylic acids is 3. The van der Waals surface area contributed by atoms with Gasteiger partial charge in [-0.25, -0.2) is 0 Å². The minimum absolute atomic E-state index is 0.0175. The molecule has 1 heterocycles. The van der Waals surface area contributed by atoms with Crippen LogP contribution >= 0.6 is 11.5 Å². The maximum absolute atomic E-state index is 14.1. The molecule has 11 heteroatoms. The zero-order chi connectivity index (χ0) is 27.3. The van der Waals surface area contributed by atoms with Crippen molar-refractivity contribution in [2.75, 3.05) is 24.4 Å². The summed E-state index contributed by atoms with van der Waals surface area (Å²) in [6.07, 6.45) is 0. The first-order valence-electron chi connectivity index (χ1n) is 11.5. The summed E-state index contributed by atoms with van der Waals surface area (Å²) in [6, 6.07) is 12.5. The van der Waals surface area contributed by atoms with E-state index in [1.54, 1.807) is 48.5 Å². The average molecular weight is 526 g/mol. The molecule has 3 aromatic rings. The summed E-state index contributed by atoms with van der Waals surface area (Å²) in [6.45, 7) is 7.89. The summed E-state index contributed by atoms with van der Waals surface area (Å²) in [4.78, 5) is 40.9. The molecule has 1 atom stereocenters. The van der Waals surface area contributed by atoms with E-state index >= 15 is 0 Å². The largest absolute Gasteiger partial charge is 0.497 e. The van der Waals surface area contributed by atoms with Crippen LogP contribution in [0.3, 0.4) is 0 Å². The van der Waals surface area contributed by atoms with Crippen LogP contribution in [0.25, 0.3) is 0 Å². The lowest BCUT2D eigenvalue weighted by Gasteiger charge is -2.33. The summed E-state index contributed by atoms with van der Waals surface area (Å²) in [5.74, 6) is -0.802. The van der Waals surface area contributed by atoms with Gasteiger partial charge in [-0.3, -0.25) is 19.3 Å². The minimum Gasteiger partial charge on any atom is -0.497 e. The van der Waals surface area contributed by atoms with Crippen molar-refractivity contribution in [2.45, 2.75) is 39.3 Å². The topological polar surface area (TPSA) is 150 Å². The van der Waals surface area contributed by atoms with Gasteiger partial charge in [0, 0.05) is 17.3 Å². The maximum atomic E-state index is 14.1. The number of hydrogen-bond acceptors (Lipinski definition) is 8. The molecule has 0 unspecified atom stereocenters. The highest BCUT2D eigenvalue weighted by Gasteiger charge is 2.37. The lowest BCUT2D eigenvalue weighted by Crippen LogP contribution is -2.49. The Morgan fingerprint density at radius 1 is 1.11 bits per heavy atom. The van der Waals surface area contributed by atoms with Gasteiger partial charge < -0.3 is 26.3 Å². The van der Waals surface area contributed by atoms with E-state index in [-0.39, 0.29) is 16.3 Å². The van der Waals surface area contributed by atoms with Gasteiger partial charge in [-0.15, -0.1) is 0 Å². The van der Waals surface area contributed by atoms with E-state index < -0.39 is 29.3 Å². The van der Waals surface area contributed by atoms with Gasteiger partial charge in [0.25, 0.3) is 11.8 Å². The van der Waals surface area contributed by atoms with Crippen molar-refractivity contribution < 1.29 is 23.9 Å². The molecule has 196 valence electrons. The average Bonchev–Trinajstić information content (AvgIpc) is 3.23. The number of nitrogens with two attached hydrogens (primary N) is 2. The number of nitrogen functional groups attached to an aromatic ring is 1. The van der Waals surface area contributed by atoms with Gasteiger partial charge in [0.15, 0.2) is 5.69 Å². The number of benzene rings is 2. The monoisotopic (exact) mass is 525 g/mol. The molecule has 2 aromatic carbocycles. The number of hydrogen-bond donors (Lipinski definition) is 3. The number of amides is 3. The first-order chi connectivity index (χ1) is 17.5. The van der Waals surface area contributed by atoms with E-state index in [1.165, 1.54) is 12.0 Å². The van der Waals surface area contributed by atoms with Gasteiger partial charge >= 0.3 is 0 Å². The van der Waals surface area contributed by atoms with E-state index in [4.69, 9.17) is 20.9 Å². The van der Waals surface area contributed by atoms with Gasteiger partial charge in [-0.2, -0.15) is 4.37 Å². The quantitative estimate of drug-likeness (QED) is 0.387. The molecular formula is C26H31N5O5S. The van der Waals surface area contributed by atoms with Crippen LogP contribution in [0, 0.1) is 0 Å². The fourth-order valence-corrected chi connectivity index (χ4v) is 4.39. The fourth-order valence-electron chi connectivity index (χ4n) is 3.65. The lowest BCUT2D eigenvalue weighted by molar-refractivity contribution is -0.123. The molecule has 0 radical (unpaired) electrons. The van der Waals surface area contributed by atoms with Crippen molar-refractivity contribution >= 4 is 40.6 Å². The molecule has 3 amide bonds. The number of carbonyl (C=O) groups is 3. The molecule has 0 bridgehead atoms. The molecule has 3 rings (SSSR count). The summed E-state index contributed by atoms with van der Waals surface area (Å²) in [5.41, 5.74) is 11.4. The number of methoxy groups -OCH3 is 1. The highest BCUT2D eigenvalue weighted by molar-refractivity contribution is 7.09. The third-order valence-electron chi connectivity index (χ3n) is 5.22. The zero-order valence-electron chi connectivity index (χ0n) is 21.4. The molecule has 0 aliphatic carbocycles. The van der Waals surface area contributed by atoms with Gasteiger partial charge in [0.1, 0.15) is 22.4 Å². The van der Waals surface area contributed by atoms with Crippen molar-refractivity contribution in [3.8, 4) is 11.5 Å². The predicted octanol–water partition coefficient (Wildman–Crippen LogP) is 3.53. The Morgan fingerprint density at radius 2 is 1.78 bits per heavy atom. The van der Waals surface area contributed by atoms with Crippen molar-refractivity contribution in [2.24, 2.45) is 5.73 Å². The van der Waals surface area contributed by atoms with E-state index in [0.29, 0.717) is 29.4 Å². The lowest BCUT2D eigenvalue weighted by atomic mass is 10.00. The summed E-state index contributed by atoms with van der Waals surface area (Å²) in [5, 5.41) is 2.97. The number of rotatable bonds is 9. The van der Waals surface area contributed by atoms with Crippen LogP contribution in [0.15, 0.2) is 48.5 Å². The second kappa shape index (κ2) is 11.3. The predicted molar refractivity (Wildman–Crippen MR) is 143 cm³/mol. The number of anilines is 2. The number of ether oxygens (including phenoxy) is 2. The SMILES string of the molecule is CCOc1ccc([C@H](C(=O)NC(C)(C)C)N(C(=O)c2snc(C(N)=O)c2N)c2cccc(OC)c2)cc1. The van der Waals surface area contributed by atoms with E-state index in [9.17, 15) is 14.4 Å². The van der Waals surface area contributed by atoms with Gasteiger partial charge in [0.2, 0.25) is 5.91 Å². The number of nitrogens with zero attached hydrogens (tertiary/aromatic N) is 2. The molecule has 0 aliphatic heterocycles. The molecule has 0 spiro atoms. The molecule has 0 saturated carbocycles. The molecule has 0 aliphatic rings. The Balaban J connectivity index is 2.24. The number of primary amides is 1. The third kappa shape index (κ3) is 6.36. The van der Waals surface area contributed by atoms with Crippen LogP contribution in [0.4, 0.5) is 11.4 Å². The number of nitrogens with one attached hydrogen (secondary N) is 1. The highest BCUT2D eigenvalue weighted by Crippen LogP contribution is 2.35. The standard InChI is InChI=1S/C26H31N5O5S/c1-6-36-17-12-10-15(11-13-17)21(24(33)29-26(2,3)4)31(16-8-7-9-18(14-16)35-5)25(34)22-19(27)20(23(28)32)30-37-22/h7-14,21H,6,27H2,1-5H3,(H2,28,32)(H,29,33)/t21-/m1/s1. The Labute approximate surface area is 219 Å². The zero-order valence-corrected chi connectivity index (χ0v) is 22.2. The van der Waals surface area contributed by atoms with Crippen molar-refractivity contribution in [3.63, 3.8) is 0 Å². The molecule has 10 nitrogen and oxygen atoms in total. The second-order valence-corrected chi connectivity index (χ2v) is 9.93. The fraction of sp³-hybridized carbons (Fsp3) is 0.308. The van der Waals surface area contributed by atoms with Gasteiger partial charge in [-0.05, 0) is 69.1 Å². The normalized spacial score (nSPS) is 11.9. The first kappa shape index (κ1) is 27.5. The van der Waals surface area contributed by atoms with E-state index in [0.717, 1.165) is 11.5 Å². The van der Waals surface area contributed by atoms with E-state index in [1.807, 2.05) is 27.7 Å². The Hall–Kier alpha value is -4.12. The first-order valence-corrected chi connectivity index (χ1v) is 12.3. The molecule has 0 saturated heterocycles. The summed E-state index contributed by atoms with van der Waals surface area (Å²) >= 11 is 0.742. The van der Waals surface area contributed by atoms with Crippen LogP contribution in [0.5, 0.6) is 11.5 Å². The van der Waals surface area contributed by atoms with Crippen molar-refractivity contribution in [1.29, 1.82) is 0 Å². The van der Waals surface area contributed by atoms with Crippen molar-refractivity contribution in [1.82, 2.24) is 9.69 Å². The van der Waals surface area contributed by atoms with Gasteiger partial charge in [0.05, 0.1) is 19.4 Å². The second-order valence-electron chi connectivity index (χ2n) is 9.16. The van der Waals surface area contributed by atoms with E-state index in [2.05, 4.69) is 9.69 Å². The van der Waals surface area contributed by atoms with Gasteiger partial charge in [-0.1, -0.05) is 18.2 Å². The van der Waals surface area contributed by atoms with Crippen LogP contribution in [0.1, 0.15) is 59.5 Å². The maximum Gasteiger partial charge on any atom is 0.273 e. The molecule has 5 N–H and O–H groups in total. The molecule has 0 fully saturated rings. The number of aromatic nitrogens is 1. The van der Waals surface area contributed by atoms with Crippen LogP contribution in [-0.2, 0) is 4.79 Å². The molecule has 1 aromatic heterocycles. The highest BCUT2D eigenvalue weighted by atomic mass is 32.1. The molecule has 37 heavy (non-hydrogen) atoms. The summed E-state index contributed by atoms with van der Waals surface area (Å²) < 4.78 is 14.9. The minimum atomic E-state index is -1.12. The summed E-state index contributed by atoms with van der Waals surface area (Å²) in [7, 11) is 1.50. The van der Waals surface area contributed by atoms with Crippen molar-refractivity contribution in [3.05, 3.63) is 64.7 Å².